The second-order valence-corrected chi connectivity index (χ2v) is 8.04. The number of rotatable bonds is 7. The van der Waals surface area contributed by atoms with Crippen molar-refractivity contribution in [3.63, 3.8) is 0 Å². The lowest BCUT2D eigenvalue weighted by Gasteiger charge is -2.25. The summed E-state index contributed by atoms with van der Waals surface area (Å²) in [6.07, 6.45) is 0.130. The van der Waals surface area contributed by atoms with Gasteiger partial charge in [-0.15, -0.1) is 11.8 Å². The first-order valence-corrected chi connectivity index (χ1v) is 10.8. The van der Waals surface area contributed by atoms with Crippen LogP contribution in [0.15, 0.2) is 54.6 Å². The molecule has 1 aliphatic rings. The maximum absolute atomic E-state index is 12.8. The highest BCUT2D eigenvalue weighted by Crippen LogP contribution is 2.24. The maximum atomic E-state index is 12.8. The van der Waals surface area contributed by atoms with Crippen molar-refractivity contribution in [2.45, 2.75) is 25.4 Å². The number of carbonyl (C=O) groups excluding carboxylic acids is 3. The molecule has 2 aromatic rings. The van der Waals surface area contributed by atoms with E-state index in [4.69, 9.17) is 4.74 Å². The van der Waals surface area contributed by atoms with Gasteiger partial charge < -0.3 is 20.3 Å². The first kappa shape index (κ1) is 21.7. The van der Waals surface area contributed by atoms with E-state index >= 15 is 0 Å². The minimum Gasteiger partial charge on any atom is -0.497 e. The molecular formula is C22H25N3O4S. The second kappa shape index (κ2) is 10.2. The Morgan fingerprint density at radius 2 is 1.83 bits per heavy atom. The van der Waals surface area contributed by atoms with Crippen molar-refractivity contribution in [2.24, 2.45) is 0 Å². The van der Waals surface area contributed by atoms with E-state index in [0.29, 0.717) is 28.6 Å². The number of carbonyl (C=O) groups is 3. The lowest BCUT2D eigenvalue weighted by molar-refractivity contribution is -0.136. The van der Waals surface area contributed by atoms with E-state index < -0.39 is 6.04 Å². The summed E-state index contributed by atoms with van der Waals surface area (Å²) in [5.74, 6) is 1.10. The highest BCUT2D eigenvalue weighted by atomic mass is 32.2. The lowest BCUT2D eigenvalue weighted by atomic mass is 10.1. The molecule has 7 nitrogen and oxygen atoms in total. The van der Waals surface area contributed by atoms with Gasteiger partial charge in [0.2, 0.25) is 11.8 Å². The summed E-state index contributed by atoms with van der Waals surface area (Å²) in [5.41, 5.74) is 1.19. The van der Waals surface area contributed by atoms with Crippen LogP contribution in [0.5, 0.6) is 5.75 Å². The molecule has 2 N–H and O–H groups in total. The fourth-order valence-electron chi connectivity index (χ4n) is 3.13. The number of thioether (sulfide) groups is 1. The lowest BCUT2D eigenvalue weighted by Crippen LogP contribution is -2.46. The molecule has 0 aromatic heterocycles. The SMILES string of the molecule is COc1ccc(NC(=O)C2CSCN2C(=O)CC(C)NC(=O)c2ccccc2)cc1. The molecule has 0 radical (unpaired) electrons. The average molecular weight is 428 g/mol. The van der Waals surface area contributed by atoms with Crippen LogP contribution in [0.3, 0.4) is 0 Å². The van der Waals surface area contributed by atoms with Gasteiger partial charge in [-0.1, -0.05) is 18.2 Å². The summed E-state index contributed by atoms with van der Waals surface area (Å²) in [6.45, 7) is 1.79. The highest BCUT2D eigenvalue weighted by molar-refractivity contribution is 7.99. The van der Waals surface area contributed by atoms with E-state index in [-0.39, 0.29) is 30.2 Å². The summed E-state index contributed by atoms with van der Waals surface area (Å²) >= 11 is 1.54. The fourth-order valence-corrected chi connectivity index (χ4v) is 4.31. The first-order chi connectivity index (χ1) is 14.5. The number of hydrogen-bond acceptors (Lipinski definition) is 5. The van der Waals surface area contributed by atoms with Crippen LogP contribution in [0.2, 0.25) is 0 Å². The number of benzene rings is 2. The Balaban J connectivity index is 1.55. The van der Waals surface area contributed by atoms with Gasteiger partial charge in [-0.2, -0.15) is 0 Å². The molecular weight excluding hydrogens is 402 g/mol. The molecule has 3 amide bonds. The zero-order valence-corrected chi connectivity index (χ0v) is 17.8. The summed E-state index contributed by atoms with van der Waals surface area (Å²) in [5, 5.41) is 5.70. The van der Waals surface area contributed by atoms with Crippen LogP contribution in [0, 0.1) is 0 Å². The Bertz CT molecular complexity index is 889. The van der Waals surface area contributed by atoms with Crippen molar-refractivity contribution in [2.75, 3.05) is 24.1 Å². The molecule has 0 aliphatic carbocycles. The van der Waals surface area contributed by atoms with E-state index in [2.05, 4.69) is 10.6 Å². The van der Waals surface area contributed by atoms with Crippen molar-refractivity contribution in [1.29, 1.82) is 0 Å². The number of hydrogen-bond donors (Lipinski definition) is 2. The summed E-state index contributed by atoms with van der Waals surface area (Å²) in [4.78, 5) is 39.3. The van der Waals surface area contributed by atoms with Gasteiger partial charge in [-0.05, 0) is 43.3 Å². The third kappa shape index (κ3) is 5.54. The van der Waals surface area contributed by atoms with Crippen molar-refractivity contribution >= 4 is 35.2 Å². The Labute approximate surface area is 180 Å². The van der Waals surface area contributed by atoms with Crippen LogP contribution in [-0.4, -0.2) is 53.4 Å². The molecule has 8 heteroatoms. The zero-order valence-electron chi connectivity index (χ0n) is 17.0. The Morgan fingerprint density at radius 3 is 2.50 bits per heavy atom. The van der Waals surface area contributed by atoms with Crippen LogP contribution in [0.4, 0.5) is 5.69 Å². The second-order valence-electron chi connectivity index (χ2n) is 7.04. The van der Waals surface area contributed by atoms with Crippen molar-refractivity contribution in [3.05, 3.63) is 60.2 Å². The van der Waals surface area contributed by atoms with Crippen molar-refractivity contribution in [1.82, 2.24) is 10.2 Å². The number of methoxy groups -OCH3 is 1. The summed E-state index contributed by atoms with van der Waals surface area (Å²) in [6, 6.07) is 15.0. The molecule has 30 heavy (non-hydrogen) atoms. The topological polar surface area (TPSA) is 87.7 Å². The largest absolute Gasteiger partial charge is 0.497 e. The van der Waals surface area contributed by atoms with Crippen molar-refractivity contribution in [3.8, 4) is 5.75 Å². The average Bonchev–Trinajstić information content (AvgIpc) is 3.25. The summed E-state index contributed by atoms with van der Waals surface area (Å²) in [7, 11) is 1.58. The molecule has 2 aromatic carbocycles. The van der Waals surface area contributed by atoms with Gasteiger partial charge in [-0.3, -0.25) is 14.4 Å². The monoisotopic (exact) mass is 427 g/mol. The van der Waals surface area contributed by atoms with Crippen LogP contribution < -0.4 is 15.4 Å². The Hall–Kier alpha value is -3.00. The third-order valence-corrected chi connectivity index (χ3v) is 5.77. The number of anilines is 1. The van der Waals surface area contributed by atoms with Gasteiger partial charge in [0, 0.05) is 29.5 Å². The van der Waals surface area contributed by atoms with Crippen LogP contribution in [0.1, 0.15) is 23.7 Å². The van der Waals surface area contributed by atoms with Crippen LogP contribution in [0.25, 0.3) is 0 Å². The van der Waals surface area contributed by atoms with Crippen molar-refractivity contribution < 1.29 is 19.1 Å². The minimum absolute atomic E-state index is 0.130. The molecule has 1 aliphatic heterocycles. The van der Waals surface area contributed by atoms with E-state index in [1.807, 2.05) is 6.07 Å². The number of ether oxygens (including phenoxy) is 1. The van der Waals surface area contributed by atoms with Gasteiger partial charge in [-0.25, -0.2) is 0 Å². The van der Waals surface area contributed by atoms with E-state index in [9.17, 15) is 14.4 Å². The predicted octanol–water partition coefficient (Wildman–Crippen LogP) is 2.74. The van der Waals surface area contributed by atoms with E-state index in [1.54, 1.807) is 67.5 Å². The predicted molar refractivity (Wildman–Crippen MR) is 118 cm³/mol. The smallest absolute Gasteiger partial charge is 0.251 e. The molecule has 1 fully saturated rings. The normalized spacial score (nSPS) is 16.6. The molecule has 0 spiro atoms. The first-order valence-electron chi connectivity index (χ1n) is 9.66. The minimum atomic E-state index is -0.540. The van der Waals surface area contributed by atoms with E-state index in [1.165, 1.54) is 11.8 Å². The maximum Gasteiger partial charge on any atom is 0.251 e. The molecule has 0 saturated carbocycles. The molecule has 3 rings (SSSR count). The Kier molecular flexibility index (Phi) is 7.35. The molecule has 2 unspecified atom stereocenters. The van der Waals surface area contributed by atoms with Gasteiger partial charge in [0.15, 0.2) is 0 Å². The number of nitrogens with zero attached hydrogens (tertiary/aromatic N) is 1. The van der Waals surface area contributed by atoms with Gasteiger partial charge in [0.05, 0.1) is 13.0 Å². The number of nitrogens with one attached hydrogen (secondary N) is 2. The van der Waals surface area contributed by atoms with E-state index in [0.717, 1.165) is 0 Å². The van der Waals surface area contributed by atoms with Gasteiger partial charge >= 0.3 is 0 Å². The zero-order chi connectivity index (χ0) is 21.5. The molecule has 2 atom stereocenters. The molecule has 0 bridgehead atoms. The molecule has 1 heterocycles. The van der Waals surface area contributed by atoms with Crippen LogP contribution in [-0.2, 0) is 9.59 Å². The van der Waals surface area contributed by atoms with Crippen LogP contribution >= 0.6 is 11.8 Å². The third-order valence-electron chi connectivity index (χ3n) is 4.76. The number of amides is 3. The standard InChI is InChI=1S/C22H25N3O4S/c1-15(23-21(27)16-6-4-3-5-7-16)12-20(26)25-14-30-13-19(25)22(28)24-17-8-10-18(29-2)11-9-17/h3-11,15,19H,12-14H2,1-2H3,(H,23,27)(H,24,28). The van der Waals surface area contributed by atoms with Gasteiger partial charge in [0.1, 0.15) is 11.8 Å². The molecule has 1 saturated heterocycles. The molecule has 158 valence electrons. The van der Waals surface area contributed by atoms with Gasteiger partial charge in [0.25, 0.3) is 5.91 Å². The summed E-state index contributed by atoms with van der Waals surface area (Å²) < 4.78 is 5.12. The highest BCUT2D eigenvalue weighted by Gasteiger charge is 2.35. The Morgan fingerprint density at radius 1 is 1.13 bits per heavy atom. The fraction of sp³-hybridized carbons (Fsp3) is 0.318. The quantitative estimate of drug-likeness (QED) is 0.710.